The predicted octanol–water partition coefficient (Wildman–Crippen LogP) is 4.54. The summed E-state index contributed by atoms with van der Waals surface area (Å²) in [5.74, 6) is -0.0993. The molecule has 0 radical (unpaired) electrons. The van der Waals surface area contributed by atoms with Crippen LogP contribution in [0.5, 0.6) is 0 Å². The summed E-state index contributed by atoms with van der Waals surface area (Å²) in [6.07, 6.45) is 3.69. The standard InChI is InChI=1S/C9H13BrI2O2/c1-2-3-4-5-8(13)14-6-7(11)9(10)12/h2-6H2,1H3/b9-7+. The van der Waals surface area contributed by atoms with Crippen LogP contribution in [-0.2, 0) is 9.53 Å². The number of rotatable bonds is 6. The van der Waals surface area contributed by atoms with Crippen LogP contribution in [0.2, 0.25) is 0 Å². The van der Waals surface area contributed by atoms with Gasteiger partial charge in [0.2, 0.25) is 0 Å². The number of halogens is 3. The third-order valence-corrected chi connectivity index (χ3v) is 5.30. The normalized spacial score (nSPS) is 12.3. The lowest BCUT2D eigenvalue weighted by Gasteiger charge is -2.03. The molecule has 0 aromatic carbocycles. The molecular weight excluding hydrogens is 474 g/mol. The minimum absolute atomic E-state index is 0.0993. The molecule has 5 heteroatoms. The van der Waals surface area contributed by atoms with Gasteiger partial charge in [0.1, 0.15) is 6.61 Å². The summed E-state index contributed by atoms with van der Waals surface area (Å²) < 4.78 is 7.09. The number of esters is 1. The van der Waals surface area contributed by atoms with Gasteiger partial charge in [-0.15, -0.1) is 0 Å². The Hall–Kier alpha value is 1.15. The summed E-state index contributed by atoms with van der Waals surface area (Å²) in [7, 11) is 0. The van der Waals surface area contributed by atoms with E-state index in [0.29, 0.717) is 13.0 Å². The van der Waals surface area contributed by atoms with Crippen LogP contribution in [-0.4, -0.2) is 12.6 Å². The zero-order valence-corrected chi connectivity index (χ0v) is 13.9. The van der Waals surface area contributed by atoms with Gasteiger partial charge in [0.05, 0.1) is 2.49 Å². The van der Waals surface area contributed by atoms with Crippen LogP contribution in [0.15, 0.2) is 6.07 Å². The fourth-order valence-corrected chi connectivity index (χ4v) is 1.22. The molecule has 0 aliphatic heterocycles. The smallest absolute Gasteiger partial charge is 0.306 e. The fourth-order valence-electron chi connectivity index (χ4n) is 0.790. The van der Waals surface area contributed by atoms with Gasteiger partial charge in [-0.1, -0.05) is 19.8 Å². The number of ether oxygens (including phenoxy) is 1. The first-order valence-corrected chi connectivity index (χ1v) is 7.38. The fraction of sp³-hybridized carbons (Fsp3) is 0.667. The summed E-state index contributed by atoms with van der Waals surface area (Å²) in [6, 6.07) is 0. The van der Waals surface area contributed by atoms with Crippen LogP contribution in [0.4, 0.5) is 0 Å². The topological polar surface area (TPSA) is 26.3 Å². The molecule has 0 saturated carbocycles. The second kappa shape index (κ2) is 9.38. The lowest BCUT2D eigenvalue weighted by atomic mass is 10.2. The van der Waals surface area contributed by atoms with Crippen LogP contribution in [0.1, 0.15) is 32.6 Å². The van der Waals surface area contributed by atoms with E-state index in [4.69, 9.17) is 4.74 Å². The van der Waals surface area contributed by atoms with Gasteiger partial charge >= 0.3 is 5.97 Å². The largest absolute Gasteiger partial charge is 0.460 e. The molecule has 0 aromatic rings. The van der Waals surface area contributed by atoms with Gasteiger partial charge in [-0.05, 0) is 67.5 Å². The van der Waals surface area contributed by atoms with Crippen molar-refractivity contribution in [2.75, 3.05) is 6.61 Å². The second-order valence-corrected chi connectivity index (χ2v) is 7.44. The molecule has 0 N–H and O–H groups in total. The van der Waals surface area contributed by atoms with E-state index in [1.54, 1.807) is 0 Å². The van der Waals surface area contributed by atoms with Gasteiger partial charge < -0.3 is 4.74 Å². The quantitative estimate of drug-likeness (QED) is 0.313. The van der Waals surface area contributed by atoms with E-state index >= 15 is 0 Å². The van der Waals surface area contributed by atoms with Crippen molar-refractivity contribution >= 4 is 67.1 Å². The molecule has 14 heavy (non-hydrogen) atoms. The SMILES string of the molecule is CCCCCC(=O)OC/C(I)=C(/Br)I. The first kappa shape index (κ1) is 15.2. The van der Waals surface area contributed by atoms with Crippen LogP contribution >= 0.6 is 61.1 Å². The van der Waals surface area contributed by atoms with Crippen LogP contribution in [0.3, 0.4) is 0 Å². The van der Waals surface area contributed by atoms with Crippen molar-refractivity contribution in [2.45, 2.75) is 32.6 Å². The molecule has 0 fully saturated rings. The molecular formula is C9H13BrI2O2. The van der Waals surface area contributed by atoms with Gasteiger partial charge in [-0.25, -0.2) is 0 Å². The third kappa shape index (κ3) is 8.46. The van der Waals surface area contributed by atoms with Crippen LogP contribution in [0, 0.1) is 0 Å². The van der Waals surface area contributed by atoms with Gasteiger partial charge in [0.25, 0.3) is 0 Å². The number of carbonyl (C=O) groups excluding carboxylic acids is 1. The Morgan fingerprint density at radius 2 is 2.00 bits per heavy atom. The molecule has 0 atom stereocenters. The van der Waals surface area contributed by atoms with Gasteiger partial charge in [0.15, 0.2) is 0 Å². The lowest BCUT2D eigenvalue weighted by Crippen LogP contribution is -2.05. The summed E-state index contributed by atoms with van der Waals surface area (Å²) >= 11 is 7.63. The van der Waals surface area contributed by atoms with E-state index in [1.807, 2.05) is 0 Å². The van der Waals surface area contributed by atoms with Crippen molar-refractivity contribution in [1.82, 2.24) is 0 Å². The summed E-state index contributed by atoms with van der Waals surface area (Å²) in [4.78, 5) is 11.2. The number of hydrogen-bond acceptors (Lipinski definition) is 2. The molecule has 2 nitrogen and oxygen atoms in total. The average Bonchev–Trinajstić information content (AvgIpc) is 2.14. The van der Waals surface area contributed by atoms with Gasteiger partial charge in [-0.3, -0.25) is 4.79 Å². The maximum absolute atomic E-state index is 11.2. The lowest BCUT2D eigenvalue weighted by molar-refractivity contribution is -0.142. The zero-order chi connectivity index (χ0) is 11.0. The summed E-state index contributed by atoms with van der Waals surface area (Å²) in [5.41, 5.74) is 0. The zero-order valence-electron chi connectivity index (χ0n) is 7.99. The Labute approximate surface area is 121 Å². The first-order chi connectivity index (χ1) is 6.57. The van der Waals surface area contributed by atoms with Crippen LogP contribution in [0.25, 0.3) is 0 Å². The molecule has 82 valence electrons. The second-order valence-electron chi connectivity index (χ2n) is 2.78. The number of unbranched alkanes of at least 4 members (excludes halogenated alkanes) is 2. The maximum Gasteiger partial charge on any atom is 0.306 e. The van der Waals surface area contributed by atoms with Crippen molar-refractivity contribution in [3.63, 3.8) is 0 Å². The Kier molecular flexibility index (Phi) is 10.2. The summed E-state index contributed by atoms with van der Waals surface area (Å²) in [6.45, 7) is 2.50. The predicted molar refractivity (Wildman–Crippen MR) is 79.1 cm³/mol. The highest BCUT2D eigenvalue weighted by molar-refractivity contribution is 14.1. The Bertz CT molecular complexity index is 213. The molecule has 0 unspecified atom stereocenters. The molecule has 0 bridgehead atoms. The first-order valence-electron chi connectivity index (χ1n) is 4.43. The Balaban J connectivity index is 3.59. The van der Waals surface area contributed by atoms with Crippen molar-refractivity contribution < 1.29 is 9.53 Å². The highest BCUT2D eigenvalue weighted by atomic mass is 127. The van der Waals surface area contributed by atoms with Gasteiger partial charge in [0, 0.05) is 10.0 Å². The van der Waals surface area contributed by atoms with E-state index in [-0.39, 0.29) is 5.97 Å². The van der Waals surface area contributed by atoms with Crippen molar-refractivity contribution in [1.29, 1.82) is 0 Å². The molecule has 0 spiro atoms. The summed E-state index contributed by atoms with van der Waals surface area (Å²) in [5, 5.41) is 0. The van der Waals surface area contributed by atoms with Crippen LogP contribution < -0.4 is 0 Å². The van der Waals surface area contributed by atoms with Crippen molar-refractivity contribution in [2.24, 2.45) is 0 Å². The van der Waals surface area contributed by atoms with E-state index in [9.17, 15) is 4.79 Å². The minimum Gasteiger partial charge on any atom is -0.460 e. The molecule has 0 aliphatic carbocycles. The highest BCUT2D eigenvalue weighted by Gasteiger charge is 2.04. The highest BCUT2D eigenvalue weighted by Crippen LogP contribution is 2.24. The Morgan fingerprint density at radius 3 is 2.50 bits per heavy atom. The van der Waals surface area contributed by atoms with E-state index < -0.39 is 0 Å². The number of carbonyl (C=O) groups is 1. The monoisotopic (exact) mass is 486 g/mol. The van der Waals surface area contributed by atoms with Crippen molar-refractivity contribution in [3.05, 3.63) is 6.07 Å². The Morgan fingerprint density at radius 1 is 1.36 bits per heavy atom. The van der Waals surface area contributed by atoms with Gasteiger partial charge in [-0.2, -0.15) is 0 Å². The average molecular weight is 487 g/mol. The van der Waals surface area contributed by atoms with E-state index in [1.165, 1.54) is 0 Å². The molecule has 0 saturated heterocycles. The minimum atomic E-state index is -0.0993. The maximum atomic E-state index is 11.2. The van der Waals surface area contributed by atoms with E-state index in [2.05, 4.69) is 68.0 Å². The molecule has 0 aromatic heterocycles. The molecule has 0 rings (SSSR count). The third-order valence-electron chi connectivity index (χ3n) is 1.55. The molecule has 0 amide bonds. The molecule has 0 heterocycles. The van der Waals surface area contributed by atoms with E-state index in [0.717, 1.165) is 25.3 Å². The molecule has 0 aliphatic rings. The number of hydrogen-bond donors (Lipinski definition) is 0. The van der Waals surface area contributed by atoms with Crippen molar-refractivity contribution in [3.8, 4) is 0 Å².